The number of Topliss-reactive ketones (excluding diaryl/α,β-unsaturated/α-hetero) is 1. The summed E-state index contributed by atoms with van der Waals surface area (Å²) in [6.07, 6.45) is 2.31. The summed E-state index contributed by atoms with van der Waals surface area (Å²) >= 11 is 8.93. The van der Waals surface area contributed by atoms with Crippen LogP contribution in [-0.4, -0.2) is 39.7 Å². The molecule has 6 rings (SSSR count). The first-order valence-corrected chi connectivity index (χ1v) is 15.7. The van der Waals surface area contributed by atoms with Crippen LogP contribution in [0.3, 0.4) is 0 Å². The zero-order valence-electron chi connectivity index (χ0n) is 23.0. The molecule has 1 aromatic heterocycles. The molecule has 3 heterocycles. The van der Waals surface area contributed by atoms with Gasteiger partial charge in [0.15, 0.2) is 4.34 Å². The molecule has 4 aromatic rings. The Kier molecular flexibility index (Phi) is 8.25. The predicted molar refractivity (Wildman–Crippen MR) is 168 cm³/mol. The maximum absolute atomic E-state index is 13.6. The average molecular weight is 632 g/mol. The fraction of sp³-hybridized carbons (Fsp3) is 0.188. The Labute approximate surface area is 261 Å². The van der Waals surface area contributed by atoms with Crippen molar-refractivity contribution in [2.75, 3.05) is 11.5 Å². The molecular formula is C32H26ClN3O5S2. The highest BCUT2D eigenvalue weighted by molar-refractivity contribution is 8.00. The molecule has 218 valence electrons. The van der Waals surface area contributed by atoms with Crippen LogP contribution in [0.15, 0.2) is 89.3 Å². The number of aromatic nitrogens is 2. The van der Waals surface area contributed by atoms with Gasteiger partial charge in [0.1, 0.15) is 30.0 Å². The largest absolute Gasteiger partial charge is 0.507 e. The molecule has 2 aliphatic heterocycles. The highest BCUT2D eigenvalue weighted by Gasteiger charge is 2.48. The van der Waals surface area contributed by atoms with E-state index in [4.69, 9.17) is 21.1 Å². The molecule has 2 aliphatic rings. The number of aliphatic hydroxyl groups is 1. The number of ether oxygens (including phenoxy) is 2. The molecule has 43 heavy (non-hydrogen) atoms. The highest BCUT2D eigenvalue weighted by Crippen LogP contribution is 2.45. The summed E-state index contributed by atoms with van der Waals surface area (Å²) in [6, 6.07) is 18.9. The molecule has 11 heteroatoms. The Morgan fingerprint density at radius 2 is 2.02 bits per heavy atom. The number of fused-ring (bicyclic) bond motifs is 1. The number of hydrogen-bond acceptors (Lipinski definition) is 9. The van der Waals surface area contributed by atoms with E-state index in [1.807, 2.05) is 31.2 Å². The summed E-state index contributed by atoms with van der Waals surface area (Å²) in [4.78, 5) is 28.6. The highest BCUT2D eigenvalue weighted by atomic mass is 35.5. The fourth-order valence-electron chi connectivity index (χ4n) is 5.11. The number of aliphatic hydroxyl groups excluding tert-OH is 1. The molecular weight excluding hydrogens is 606 g/mol. The smallest absolute Gasteiger partial charge is 0.301 e. The third-order valence-corrected chi connectivity index (χ3v) is 9.54. The number of rotatable bonds is 9. The summed E-state index contributed by atoms with van der Waals surface area (Å²) in [6.45, 7) is 5.94. The Morgan fingerprint density at radius 1 is 1.19 bits per heavy atom. The van der Waals surface area contributed by atoms with Crippen molar-refractivity contribution in [3.63, 3.8) is 0 Å². The lowest BCUT2D eigenvalue weighted by Gasteiger charge is -2.23. The van der Waals surface area contributed by atoms with Gasteiger partial charge in [-0.15, -0.1) is 10.2 Å². The van der Waals surface area contributed by atoms with Crippen LogP contribution in [0.5, 0.6) is 11.5 Å². The van der Waals surface area contributed by atoms with Crippen LogP contribution in [0.1, 0.15) is 35.2 Å². The van der Waals surface area contributed by atoms with E-state index < -0.39 is 17.7 Å². The maximum Gasteiger partial charge on any atom is 0.301 e. The lowest BCUT2D eigenvalue weighted by molar-refractivity contribution is -0.132. The van der Waals surface area contributed by atoms with Crippen molar-refractivity contribution in [3.8, 4) is 11.5 Å². The predicted octanol–water partition coefficient (Wildman–Crippen LogP) is 7.00. The zero-order chi connectivity index (χ0) is 30.1. The molecule has 1 fully saturated rings. The summed E-state index contributed by atoms with van der Waals surface area (Å²) in [7, 11) is 0. The molecule has 0 saturated carbocycles. The number of carbonyl (C=O) groups is 2. The van der Waals surface area contributed by atoms with Crippen molar-refractivity contribution in [1.29, 1.82) is 0 Å². The Morgan fingerprint density at radius 3 is 2.84 bits per heavy atom. The van der Waals surface area contributed by atoms with Crippen molar-refractivity contribution in [3.05, 3.63) is 112 Å². The first kappa shape index (κ1) is 29.0. The number of amides is 1. The Bertz CT molecular complexity index is 1770. The van der Waals surface area contributed by atoms with Gasteiger partial charge in [-0.2, -0.15) is 0 Å². The van der Waals surface area contributed by atoms with Gasteiger partial charge in [0.05, 0.1) is 11.6 Å². The lowest BCUT2D eigenvalue weighted by atomic mass is 9.94. The van der Waals surface area contributed by atoms with E-state index in [9.17, 15) is 14.7 Å². The molecule has 0 radical (unpaired) electrons. The molecule has 8 nitrogen and oxygen atoms in total. The molecule has 0 bridgehead atoms. The first-order valence-electron chi connectivity index (χ1n) is 13.5. The van der Waals surface area contributed by atoms with Crippen molar-refractivity contribution in [1.82, 2.24) is 10.2 Å². The number of benzene rings is 3. The van der Waals surface area contributed by atoms with Gasteiger partial charge >= 0.3 is 5.91 Å². The van der Waals surface area contributed by atoms with Crippen molar-refractivity contribution in [2.24, 2.45) is 0 Å². The molecule has 1 amide bonds. The summed E-state index contributed by atoms with van der Waals surface area (Å²) in [5, 5.41) is 21.1. The van der Waals surface area contributed by atoms with Gasteiger partial charge in [-0.25, -0.2) is 0 Å². The second-order valence-corrected chi connectivity index (χ2v) is 12.6. The molecule has 0 unspecified atom stereocenters. The van der Waals surface area contributed by atoms with Gasteiger partial charge in [-0.1, -0.05) is 77.7 Å². The standard InChI is InChI=1S/C32H26ClN3O5S2/c1-3-13-40-23-9-6-8-19(16-23)27-26(28(37)20-11-12-25-22(15-20)14-18(2)41-25)29(38)30(39)36(27)31-34-35-32(43-31)42-17-21-7-4-5-10-24(21)33/h3-12,15-16,18,27,37H,1,13-14,17H2,2H3/t18-,27-/m0/s1. The quantitative estimate of drug-likeness (QED) is 0.0526. The number of hydrogen-bond donors (Lipinski definition) is 1. The normalized spacial score (nSPS) is 18.9. The van der Waals surface area contributed by atoms with E-state index >= 15 is 0 Å². The van der Waals surface area contributed by atoms with Gasteiger partial charge in [-0.05, 0) is 60.0 Å². The second kappa shape index (κ2) is 12.2. The van der Waals surface area contributed by atoms with Gasteiger partial charge in [0.25, 0.3) is 5.78 Å². The Balaban J connectivity index is 1.40. The van der Waals surface area contributed by atoms with E-state index in [0.717, 1.165) is 16.9 Å². The van der Waals surface area contributed by atoms with Gasteiger partial charge in [0, 0.05) is 22.8 Å². The summed E-state index contributed by atoms with van der Waals surface area (Å²) < 4.78 is 12.1. The number of nitrogens with zero attached hydrogens (tertiary/aromatic N) is 3. The number of thioether (sulfide) groups is 1. The van der Waals surface area contributed by atoms with Crippen molar-refractivity contribution >= 4 is 57.3 Å². The van der Waals surface area contributed by atoms with E-state index in [-0.39, 0.29) is 29.2 Å². The molecule has 3 aromatic carbocycles. The lowest BCUT2D eigenvalue weighted by Crippen LogP contribution is -2.29. The maximum atomic E-state index is 13.6. The van der Waals surface area contributed by atoms with Crippen LogP contribution in [-0.2, 0) is 21.8 Å². The third-order valence-electron chi connectivity index (χ3n) is 7.07. The van der Waals surface area contributed by atoms with Crippen LogP contribution in [0.2, 0.25) is 5.02 Å². The molecule has 2 atom stereocenters. The number of anilines is 1. The molecule has 0 aliphatic carbocycles. The first-order chi connectivity index (χ1) is 20.8. The average Bonchev–Trinajstić information content (AvgIpc) is 3.70. The monoisotopic (exact) mass is 631 g/mol. The second-order valence-electron chi connectivity index (χ2n) is 10.0. The number of halogens is 1. The summed E-state index contributed by atoms with van der Waals surface area (Å²) in [5.74, 6) is -0.0709. The SMILES string of the molecule is C=CCOc1cccc([C@H]2C(=C(O)c3ccc4c(c3)C[C@H](C)O4)C(=O)C(=O)N2c2nnc(SCc3ccccc3Cl)s2)c1. The fourth-order valence-corrected chi connectivity index (χ4v) is 7.27. The van der Waals surface area contributed by atoms with Crippen LogP contribution in [0.25, 0.3) is 5.76 Å². The molecule has 0 spiro atoms. The van der Waals surface area contributed by atoms with Gasteiger partial charge in [-0.3, -0.25) is 14.5 Å². The van der Waals surface area contributed by atoms with E-state index in [2.05, 4.69) is 16.8 Å². The van der Waals surface area contributed by atoms with Crippen LogP contribution < -0.4 is 14.4 Å². The topological polar surface area (TPSA) is 102 Å². The minimum atomic E-state index is -0.968. The minimum Gasteiger partial charge on any atom is -0.507 e. The van der Waals surface area contributed by atoms with Crippen LogP contribution >= 0.6 is 34.7 Å². The number of carbonyl (C=O) groups excluding carboxylic acids is 2. The van der Waals surface area contributed by atoms with E-state index in [0.29, 0.717) is 38.4 Å². The van der Waals surface area contributed by atoms with Crippen LogP contribution in [0, 0.1) is 0 Å². The van der Waals surface area contributed by atoms with E-state index in [1.165, 1.54) is 28.0 Å². The Hall–Kier alpha value is -4.12. The van der Waals surface area contributed by atoms with Gasteiger partial charge < -0.3 is 14.6 Å². The third kappa shape index (κ3) is 5.78. The van der Waals surface area contributed by atoms with Crippen LogP contribution in [0.4, 0.5) is 5.13 Å². The molecule has 1 N–H and O–H groups in total. The van der Waals surface area contributed by atoms with Crippen molar-refractivity contribution < 1.29 is 24.2 Å². The van der Waals surface area contributed by atoms with E-state index in [1.54, 1.807) is 48.5 Å². The number of ketones is 1. The minimum absolute atomic E-state index is 0.0127. The summed E-state index contributed by atoms with van der Waals surface area (Å²) in [5.41, 5.74) is 2.81. The van der Waals surface area contributed by atoms with Gasteiger partial charge in [0.2, 0.25) is 5.13 Å². The van der Waals surface area contributed by atoms with Crippen molar-refractivity contribution in [2.45, 2.75) is 35.6 Å². The zero-order valence-corrected chi connectivity index (χ0v) is 25.4. The molecule has 1 saturated heterocycles.